The highest BCUT2D eigenvalue weighted by molar-refractivity contribution is 7.18. The van der Waals surface area contributed by atoms with Gasteiger partial charge in [-0.3, -0.25) is 14.3 Å². The Labute approximate surface area is 132 Å². The van der Waals surface area contributed by atoms with Crippen LogP contribution >= 0.6 is 11.3 Å². The average Bonchev–Trinajstić information content (AvgIpc) is 2.87. The van der Waals surface area contributed by atoms with Gasteiger partial charge in [0.25, 0.3) is 5.56 Å². The number of H-pyrrole nitrogens is 1. The number of hydrogen-bond donors (Lipinski definition) is 1. The highest BCUT2D eigenvalue weighted by Crippen LogP contribution is 2.33. The van der Waals surface area contributed by atoms with Crippen LogP contribution in [0.15, 0.2) is 9.59 Å². The van der Waals surface area contributed by atoms with Crippen molar-refractivity contribution in [3.05, 3.63) is 31.3 Å². The van der Waals surface area contributed by atoms with E-state index in [9.17, 15) is 9.59 Å². The van der Waals surface area contributed by atoms with Crippen LogP contribution in [0, 0.1) is 0 Å². The molecule has 5 nitrogen and oxygen atoms in total. The number of aryl methyl sites for hydroxylation is 2. The number of thiophene rings is 1. The fourth-order valence-electron chi connectivity index (χ4n) is 3.84. The topological polar surface area (TPSA) is 58.1 Å². The third-order valence-corrected chi connectivity index (χ3v) is 6.30. The predicted molar refractivity (Wildman–Crippen MR) is 89.1 cm³/mol. The van der Waals surface area contributed by atoms with Gasteiger partial charge in [-0.1, -0.05) is 0 Å². The second-order valence-corrected chi connectivity index (χ2v) is 7.66. The van der Waals surface area contributed by atoms with Gasteiger partial charge in [0.05, 0.1) is 5.39 Å². The highest BCUT2D eigenvalue weighted by atomic mass is 32.1. The third kappa shape index (κ3) is 2.16. The van der Waals surface area contributed by atoms with E-state index in [0.717, 1.165) is 55.4 Å². The Hall–Kier alpha value is -1.40. The zero-order chi connectivity index (χ0) is 15.3. The van der Waals surface area contributed by atoms with Crippen LogP contribution in [0.5, 0.6) is 0 Å². The van der Waals surface area contributed by atoms with Crippen LogP contribution in [0.4, 0.5) is 0 Å². The fraction of sp³-hybridized carbons (Fsp3) is 0.625. The molecule has 2 aliphatic rings. The van der Waals surface area contributed by atoms with E-state index in [1.165, 1.54) is 21.4 Å². The van der Waals surface area contributed by atoms with E-state index in [1.54, 1.807) is 11.3 Å². The molecule has 6 heteroatoms. The predicted octanol–water partition coefficient (Wildman–Crippen LogP) is 1.90. The number of hydrogen-bond acceptors (Lipinski definition) is 4. The number of likely N-dealkylation sites (tertiary alicyclic amines) is 1. The van der Waals surface area contributed by atoms with Gasteiger partial charge in [-0.05, 0) is 64.2 Å². The normalized spacial score (nSPS) is 20.4. The fourth-order valence-corrected chi connectivity index (χ4v) is 5.11. The summed E-state index contributed by atoms with van der Waals surface area (Å²) in [6.45, 7) is 1.88. The Morgan fingerprint density at radius 1 is 1.14 bits per heavy atom. The number of aromatic nitrogens is 2. The van der Waals surface area contributed by atoms with Gasteiger partial charge in [0, 0.05) is 10.9 Å². The van der Waals surface area contributed by atoms with Crippen LogP contribution in [-0.2, 0) is 12.8 Å². The van der Waals surface area contributed by atoms with Crippen molar-refractivity contribution >= 4 is 21.6 Å². The number of fused-ring (bicyclic) bond motifs is 3. The van der Waals surface area contributed by atoms with E-state index in [-0.39, 0.29) is 17.3 Å². The second-order valence-electron chi connectivity index (χ2n) is 6.55. The molecule has 2 aromatic rings. The van der Waals surface area contributed by atoms with Crippen LogP contribution in [0.1, 0.15) is 42.2 Å². The largest absolute Gasteiger partial charge is 0.329 e. The summed E-state index contributed by atoms with van der Waals surface area (Å²) < 4.78 is 1.50. The molecule has 1 aliphatic carbocycles. The van der Waals surface area contributed by atoms with Gasteiger partial charge in [0.2, 0.25) is 0 Å². The third-order valence-electron chi connectivity index (χ3n) is 5.10. The van der Waals surface area contributed by atoms with Crippen LogP contribution in [0.2, 0.25) is 0 Å². The molecule has 1 aliphatic heterocycles. The van der Waals surface area contributed by atoms with Crippen molar-refractivity contribution in [2.75, 3.05) is 20.1 Å². The molecule has 2 aromatic heterocycles. The molecule has 0 aromatic carbocycles. The molecule has 1 fully saturated rings. The van der Waals surface area contributed by atoms with Crippen molar-refractivity contribution in [3.63, 3.8) is 0 Å². The molecule has 118 valence electrons. The summed E-state index contributed by atoms with van der Waals surface area (Å²) in [5, 5.41) is 0.790. The molecule has 0 atom stereocenters. The quantitative estimate of drug-likeness (QED) is 0.873. The first kappa shape index (κ1) is 14.2. The maximum absolute atomic E-state index is 13.0. The average molecular weight is 319 g/mol. The molecule has 1 N–H and O–H groups in total. The summed E-state index contributed by atoms with van der Waals surface area (Å²) in [5.41, 5.74) is 0.910. The number of piperidine rings is 1. The first-order chi connectivity index (χ1) is 10.6. The monoisotopic (exact) mass is 319 g/mol. The van der Waals surface area contributed by atoms with Gasteiger partial charge >= 0.3 is 5.69 Å². The molecule has 4 rings (SSSR count). The Kier molecular flexibility index (Phi) is 3.46. The maximum atomic E-state index is 13.0. The molecule has 1 saturated heterocycles. The van der Waals surface area contributed by atoms with Crippen LogP contribution in [0.25, 0.3) is 10.2 Å². The zero-order valence-electron chi connectivity index (χ0n) is 12.9. The molecular formula is C16H21N3O2S. The summed E-state index contributed by atoms with van der Waals surface area (Å²) in [5.74, 6) is 0. The van der Waals surface area contributed by atoms with Crippen LogP contribution in [0.3, 0.4) is 0 Å². The van der Waals surface area contributed by atoms with E-state index in [0.29, 0.717) is 0 Å². The standard InChI is InChI=1S/C16H21N3O2S/c1-18-8-6-10(7-9-18)19-15(20)13-11-4-2-3-5-12(11)22-14(13)17-16(19)21/h10H,2-9H2,1H3,(H,17,21). The maximum Gasteiger partial charge on any atom is 0.329 e. The summed E-state index contributed by atoms with van der Waals surface area (Å²) in [6.07, 6.45) is 6.10. The van der Waals surface area contributed by atoms with Gasteiger partial charge in [0.1, 0.15) is 4.83 Å². The first-order valence-electron chi connectivity index (χ1n) is 8.13. The van der Waals surface area contributed by atoms with Gasteiger partial charge in [-0.2, -0.15) is 0 Å². The lowest BCUT2D eigenvalue weighted by atomic mass is 9.97. The number of rotatable bonds is 1. The Morgan fingerprint density at radius 3 is 2.64 bits per heavy atom. The molecule has 22 heavy (non-hydrogen) atoms. The van der Waals surface area contributed by atoms with E-state index in [4.69, 9.17) is 0 Å². The molecule has 0 bridgehead atoms. The van der Waals surface area contributed by atoms with Gasteiger partial charge in [-0.25, -0.2) is 4.79 Å². The van der Waals surface area contributed by atoms with Crippen molar-refractivity contribution in [3.8, 4) is 0 Å². The molecular weight excluding hydrogens is 298 g/mol. The van der Waals surface area contributed by atoms with Gasteiger partial charge in [0.15, 0.2) is 0 Å². The second kappa shape index (κ2) is 5.35. The van der Waals surface area contributed by atoms with Crippen molar-refractivity contribution in [1.82, 2.24) is 14.5 Å². The number of nitrogens with one attached hydrogen (secondary N) is 1. The van der Waals surface area contributed by atoms with Gasteiger partial charge in [-0.15, -0.1) is 11.3 Å². The summed E-state index contributed by atoms with van der Waals surface area (Å²) in [4.78, 5) is 32.8. The SMILES string of the molecule is CN1CCC(n2c(=O)[nH]c3sc4c(c3c2=O)CCCC4)CC1. The minimum atomic E-state index is -0.231. The van der Waals surface area contributed by atoms with Crippen LogP contribution in [-0.4, -0.2) is 34.6 Å². The molecule has 0 saturated carbocycles. The lowest BCUT2D eigenvalue weighted by molar-refractivity contribution is 0.216. The van der Waals surface area contributed by atoms with E-state index in [1.807, 2.05) is 0 Å². The number of aromatic amines is 1. The zero-order valence-corrected chi connectivity index (χ0v) is 13.7. The minimum absolute atomic E-state index is 0.0380. The Balaban J connectivity index is 1.89. The molecule has 0 radical (unpaired) electrons. The smallest absolute Gasteiger partial charge is 0.306 e. The lowest BCUT2D eigenvalue weighted by Gasteiger charge is -2.29. The molecule has 3 heterocycles. The van der Waals surface area contributed by atoms with Gasteiger partial charge < -0.3 is 4.90 Å². The molecule has 0 unspecified atom stereocenters. The van der Waals surface area contributed by atoms with Crippen molar-refractivity contribution in [1.29, 1.82) is 0 Å². The van der Waals surface area contributed by atoms with Crippen molar-refractivity contribution in [2.45, 2.75) is 44.6 Å². The summed E-state index contributed by atoms with van der Waals surface area (Å²) >= 11 is 1.61. The summed E-state index contributed by atoms with van der Waals surface area (Å²) in [7, 11) is 2.08. The van der Waals surface area contributed by atoms with E-state index in [2.05, 4.69) is 16.9 Å². The number of nitrogens with zero attached hydrogens (tertiary/aromatic N) is 2. The Morgan fingerprint density at radius 2 is 1.86 bits per heavy atom. The highest BCUT2D eigenvalue weighted by Gasteiger charge is 2.25. The first-order valence-corrected chi connectivity index (χ1v) is 8.94. The molecule has 0 spiro atoms. The van der Waals surface area contributed by atoms with E-state index >= 15 is 0 Å². The van der Waals surface area contributed by atoms with Crippen LogP contribution < -0.4 is 11.2 Å². The van der Waals surface area contributed by atoms with Crippen molar-refractivity contribution < 1.29 is 0 Å². The lowest BCUT2D eigenvalue weighted by Crippen LogP contribution is -2.42. The van der Waals surface area contributed by atoms with E-state index < -0.39 is 0 Å². The molecule has 0 amide bonds. The Bertz CT molecular complexity index is 824. The van der Waals surface area contributed by atoms with Crippen molar-refractivity contribution in [2.24, 2.45) is 0 Å². The minimum Gasteiger partial charge on any atom is -0.306 e. The summed E-state index contributed by atoms with van der Waals surface area (Å²) in [6, 6.07) is 0.0380.